The zero-order valence-electron chi connectivity index (χ0n) is 6.10. The third kappa shape index (κ3) is 3.04. The summed E-state index contributed by atoms with van der Waals surface area (Å²) in [5, 5.41) is 1.99. The molecule has 0 aromatic carbocycles. The summed E-state index contributed by atoms with van der Waals surface area (Å²) in [6, 6.07) is 0. The van der Waals surface area contributed by atoms with Crippen molar-refractivity contribution in [1.82, 2.24) is 0 Å². The van der Waals surface area contributed by atoms with Crippen molar-refractivity contribution in [2.75, 3.05) is 0 Å². The van der Waals surface area contributed by atoms with E-state index in [2.05, 4.69) is 9.98 Å². The molecule has 0 aromatic heterocycles. The van der Waals surface area contributed by atoms with Crippen LogP contribution in [-0.2, 0) is 9.59 Å². The summed E-state index contributed by atoms with van der Waals surface area (Å²) in [5.41, 5.74) is 0. The van der Waals surface area contributed by atoms with Crippen LogP contribution >= 0.6 is 0 Å². The summed E-state index contributed by atoms with van der Waals surface area (Å²) in [6.45, 7) is 0. The molecule has 0 amide bonds. The van der Waals surface area contributed by atoms with Crippen LogP contribution in [-0.4, -0.2) is 52.0 Å². The molecule has 0 spiro atoms. The number of hydrogen-bond donors (Lipinski definition) is 0. The molecule has 0 bridgehead atoms. The van der Waals surface area contributed by atoms with Crippen molar-refractivity contribution in [3.63, 3.8) is 0 Å². The molecule has 0 aliphatic carbocycles. The number of rotatable bonds is 2. The van der Waals surface area contributed by atoms with Crippen molar-refractivity contribution in [2.45, 2.75) is 20.5 Å². The first-order valence-electron chi connectivity index (χ1n) is 3.24. The number of hydrogen-bond acceptors (Lipinski definition) is 4. The van der Waals surface area contributed by atoms with E-state index >= 15 is 0 Å². The predicted molar refractivity (Wildman–Crippen MR) is 44.9 cm³/mol. The second-order valence-electron chi connectivity index (χ2n) is 2.02. The molecule has 1 heterocycles. The summed E-state index contributed by atoms with van der Waals surface area (Å²) in [4.78, 5) is 27.4. The molecular weight excluding hydrogens is 290 g/mol. The Morgan fingerprint density at radius 2 is 1.58 bits per heavy atom. The molecule has 64 valence electrons. The van der Waals surface area contributed by atoms with Gasteiger partial charge in [0.05, 0.1) is 0 Å². The van der Waals surface area contributed by atoms with Gasteiger partial charge in [0.25, 0.3) is 0 Å². The Morgan fingerprint density at radius 1 is 1.08 bits per heavy atom. The van der Waals surface area contributed by atoms with E-state index in [9.17, 15) is 9.59 Å². The number of carbonyl (C=O) groups excluding carboxylic acids is 2. The first-order valence-corrected chi connectivity index (χ1v) is 7.64. The average molecular weight is 296 g/mol. The quantitative estimate of drug-likeness (QED) is 0.394. The molecular formula is C6H6N2O2Se2. The SMILES string of the molecule is O=C=NC1C[Se]CC(N=C=O)[Se]1. The van der Waals surface area contributed by atoms with Crippen LogP contribution in [0.3, 0.4) is 0 Å². The Balaban J connectivity index is 2.50. The van der Waals surface area contributed by atoms with Crippen LogP contribution in [0.15, 0.2) is 9.98 Å². The molecule has 1 aliphatic rings. The van der Waals surface area contributed by atoms with Crippen LogP contribution in [0.4, 0.5) is 0 Å². The van der Waals surface area contributed by atoms with Crippen molar-refractivity contribution in [2.24, 2.45) is 9.98 Å². The average Bonchev–Trinajstić information content (AvgIpc) is 2.06. The van der Waals surface area contributed by atoms with Crippen LogP contribution in [0.2, 0.25) is 10.6 Å². The van der Waals surface area contributed by atoms with Gasteiger partial charge in [-0.05, 0) is 0 Å². The van der Waals surface area contributed by atoms with Gasteiger partial charge in [0, 0.05) is 0 Å². The number of nitrogens with zero attached hydrogens (tertiary/aromatic N) is 2. The second kappa shape index (κ2) is 5.45. The van der Waals surface area contributed by atoms with E-state index in [1.54, 1.807) is 12.2 Å². The van der Waals surface area contributed by atoms with Gasteiger partial charge in [0.1, 0.15) is 0 Å². The third-order valence-corrected chi connectivity index (χ3v) is 8.14. The molecule has 0 N–H and O–H groups in total. The Labute approximate surface area is 82.2 Å². The zero-order valence-corrected chi connectivity index (χ0v) is 9.52. The predicted octanol–water partition coefficient (Wildman–Crippen LogP) is -0.431. The van der Waals surface area contributed by atoms with Crippen molar-refractivity contribution in [3.05, 3.63) is 0 Å². The molecule has 0 saturated carbocycles. The monoisotopic (exact) mass is 298 g/mol. The fourth-order valence-electron chi connectivity index (χ4n) is 0.783. The molecule has 1 rings (SSSR count). The van der Waals surface area contributed by atoms with E-state index in [1.807, 2.05) is 0 Å². The van der Waals surface area contributed by atoms with E-state index in [0.29, 0.717) is 15.0 Å². The minimum atomic E-state index is 0.103. The molecule has 1 saturated heterocycles. The van der Waals surface area contributed by atoms with Gasteiger partial charge in [-0.2, -0.15) is 0 Å². The van der Waals surface area contributed by atoms with E-state index < -0.39 is 0 Å². The standard InChI is InChI=1S/C6H6N2O2Se2/c9-3-7-5-1-11-2-6(12-5)8-4-10/h5-6H,1-2H2. The van der Waals surface area contributed by atoms with Crippen molar-refractivity contribution >= 4 is 42.1 Å². The Hall–Kier alpha value is -0.201. The van der Waals surface area contributed by atoms with Crippen LogP contribution in [0, 0.1) is 0 Å². The summed E-state index contributed by atoms with van der Waals surface area (Å²) < 4.78 is 0. The zero-order chi connectivity index (χ0) is 8.81. The Bertz CT molecular complexity index is 222. The van der Waals surface area contributed by atoms with Gasteiger partial charge in [-0.3, -0.25) is 0 Å². The van der Waals surface area contributed by atoms with Crippen LogP contribution < -0.4 is 0 Å². The molecule has 1 fully saturated rings. The maximum atomic E-state index is 9.95. The topological polar surface area (TPSA) is 58.9 Å². The molecule has 0 aromatic rings. The van der Waals surface area contributed by atoms with Gasteiger partial charge in [-0.1, -0.05) is 0 Å². The van der Waals surface area contributed by atoms with Crippen molar-refractivity contribution in [1.29, 1.82) is 0 Å². The van der Waals surface area contributed by atoms with Gasteiger partial charge < -0.3 is 0 Å². The van der Waals surface area contributed by atoms with Crippen LogP contribution in [0.1, 0.15) is 0 Å². The summed E-state index contributed by atoms with van der Waals surface area (Å²) >= 11 is 0.616. The first kappa shape index (κ1) is 9.88. The maximum absolute atomic E-state index is 9.95. The number of aliphatic imine (C=N–C) groups is 2. The van der Waals surface area contributed by atoms with E-state index in [1.165, 1.54) is 0 Å². The van der Waals surface area contributed by atoms with E-state index in [-0.39, 0.29) is 24.8 Å². The molecule has 2 unspecified atom stereocenters. The van der Waals surface area contributed by atoms with E-state index in [0.717, 1.165) is 10.6 Å². The summed E-state index contributed by atoms with van der Waals surface area (Å²) in [7, 11) is 0. The molecule has 2 atom stereocenters. The van der Waals surface area contributed by atoms with Crippen LogP contribution in [0.5, 0.6) is 0 Å². The summed E-state index contributed by atoms with van der Waals surface area (Å²) in [6.07, 6.45) is 3.12. The van der Waals surface area contributed by atoms with Gasteiger partial charge in [0.2, 0.25) is 0 Å². The Morgan fingerprint density at radius 3 is 2.00 bits per heavy atom. The van der Waals surface area contributed by atoms with Gasteiger partial charge in [-0.25, -0.2) is 0 Å². The minimum absolute atomic E-state index is 0.103. The molecule has 1 aliphatic heterocycles. The van der Waals surface area contributed by atoms with Crippen LogP contribution in [0.25, 0.3) is 0 Å². The second-order valence-corrected chi connectivity index (χ2v) is 7.13. The third-order valence-electron chi connectivity index (χ3n) is 1.23. The summed E-state index contributed by atoms with van der Waals surface area (Å²) in [5.74, 6) is 0. The molecule has 12 heavy (non-hydrogen) atoms. The number of isocyanates is 2. The molecule has 4 nitrogen and oxygen atoms in total. The van der Waals surface area contributed by atoms with Crippen molar-refractivity contribution < 1.29 is 9.59 Å². The van der Waals surface area contributed by atoms with E-state index in [4.69, 9.17) is 0 Å². The first-order chi connectivity index (χ1) is 5.86. The molecule has 0 radical (unpaired) electrons. The van der Waals surface area contributed by atoms with Crippen molar-refractivity contribution in [3.8, 4) is 0 Å². The fourth-order valence-corrected chi connectivity index (χ4v) is 7.56. The fraction of sp³-hybridized carbons (Fsp3) is 0.667. The normalized spacial score (nSPS) is 28.3. The molecule has 6 heteroatoms. The Kier molecular flexibility index (Phi) is 4.49. The van der Waals surface area contributed by atoms with Gasteiger partial charge in [0.15, 0.2) is 0 Å². The van der Waals surface area contributed by atoms with Gasteiger partial charge in [-0.15, -0.1) is 0 Å². The van der Waals surface area contributed by atoms with Gasteiger partial charge >= 0.3 is 82.2 Å².